The zero-order chi connectivity index (χ0) is 59.8. The number of alkyl halides is 7. The van der Waals surface area contributed by atoms with Crippen LogP contribution in [-0.2, 0) is 37.3 Å². The van der Waals surface area contributed by atoms with Crippen molar-refractivity contribution < 1.29 is 116 Å². The molecule has 0 atom stereocenters. The molecule has 0 unspecified atom stereocenters. The molecule has 5 rings (SSSR count). The number of hydrogen-bond donors (Lipinski definition) is 8. The molecule has 0 bridgehead atoms. The number of halogens is 12. The lowest BCUT2D eigenvalue weighted by molar-refractivity contribution is -0.144. The summed E-state index contributed by atoms with van der Waals surface area (Å²) in [5, 5.41) is 33.4. The van der Waals surface area contributed by atoms with Crippen molar-refractivity contribution >= 4 is 104 Å². The smallest absolute Gasteiger partial charge is 0.434 e. The van der Waals surface area contributed by atoms with Crippen molar-refractivity contribution in [2.24, 2.45) is 7.05 Å². The molecule has 8 N–H and O–H groups in total. The molecule has 0 aliphatic heterocycles. The van der Waals surface area contributed by atoms with Crippen molar-refractivity contribution in [1.82, 2.24) is 29.8 Å². The molecule has 0 saturated carbocycles. The summed E-state index contributed by atoms with van der Waals surface area (Å²) in [6.45, 7) is -4.03. The topological polar surface area (TPSA) is 354 Å². The third-order valence-electron chi connectivity index (χ3n) is 8.16. The summed E-state index contributed by atoms with van der Waals surface area (Å²) in [6, 6.07) is 7.98. The number of benzene rings is 3. The minimum Gasteiger partial charge on any atom is -0.494 e. The number of aromatic carboxylic acids is 2. The van der Waals surface area contributed by atoms with Crippen LogP contribution in [-0.4, -0.2) is 122 Å². The predicted molar refractivity (Wildman–Crippen MR) is 257 cm³/mol. The molecule has 78 heavy (non-hydrogen) atoms. The van der Waals surface area contributed by atoms with E-state index in [4.69, 9.17) is 69.4 Å². The van der Waals surface area contributed by atoms with Crippen LogP contribution in [0.5, 0.6) is 17.5 Å². The van der Waals surface area contributed by atoms with E-state index in [1.54, 1.807) is 19.2 Å². The summed E-state index contributed by atoms with van der Waals surface area (Å²) in [4.78, 5) is 77.8. The van der Waals surface area contributed by atoms with Crippen LogP contribution < -0.4 is 29.6 Å². The van der Waals surface area contributed by atoms with E-state index in [1.807, 2.05) is 0 Å². The van der Waals surface area contributed by atoms with Gasteiger partial charge in [-0.3, -0.25) is 24.7 Å². The van der Waals surface area contributed by atoms with Crippen LogP contribution in [0.15, 0.2) is 64.0 Å². The van der Waals surface area contributed by atoms with Crippen LogP contribution in [0.1, 0.15) is 50.6 Å². The Kier molecular flexibility index (Phi) is 25.4. The highest BCUT2D eigenvalue weighted by atomic mass is 79.9. The summed E-state index contributed by atoms with van der Waals surface area (Å²) < 4.78 is 157. The number of aliphatic carboxylic acids is 1. The van der Waals surface area contributed by atoms with Gasteiger partial charge in [0.2, 0.25) is 17.7 Å². The van der Waals surface area contributed by atoms with Crippen molar-refractivity contribution in [3.8, 4) is 28.8 Å². The van der Waals surface area contributed by atoms with E-state index in [0.717, 1.165) is 31.3 Å². The number of amides is 2. The number of urea groups is 1. The quantitative estimate of drug-likeness (QED) is 0.0245. The van der Waals surface area contributed by atoms with E-state index in [-0.39, 0.29) is 43.2 Å². The fourth-order valence-electron chi connectivity index (χ4n) is 5.33. The van der Waals surface area contributed by atoms with Gasteiger partial charge in [0.05, 0.1) is 62.8 Å². The molecule has 0 aliphatic carbocycles. The highest BCUT2D eigenvalue weighted by Gasteiger charge is 2.39. The SMILES string of the molecule is CC(C)OC(=O)c1cc(-c2nn(C)c(C(F)(F)F)c2Br)c(F)cc1Cl.COc1c(Cl)ccc(Cl)c1C(=O)O.O=C(Nc1nc(OC(F)F)cc(OC(F)F)n1)NS(=O)(=O)c1ccccc1C(=O)O.O=C(O)CNCP(=O)(O)O. The third kappa shape index (κ3) is 21.3. The molecule has 0 aliphatic rings. The van der Waals surface area contributed by atoms with Gasteiger partial charge < -0.3 is 44.1 Å². The number of carboxylic acid groups (broad SMARTS) is 3. The average Bonchev–Trinajstić information content (AvgIpc) is 3.59. The fourth-order valence-corrected chi connectivity index (χ4v) is 8.30. The van der Waals surface area contributed by atoms with Gasteiger partial charge in [-0.2, -0.15) is 45.8 Å². The minimum absolute atomic E-state index is 0.0849. The Morgan fingerprint density at radius 2 is 1.40 bits per heavy atom. The van der Waals surface area contributed by atoms with Crippen molar-refractivity contribution in [2.45, 2.75) is 44.2 Å². The number of aromatic nitrogens is 4. The lowest BCUT2D eigenvalue weighted by Gasteiger charge is -2.11. The van der Waals surface area contributed by atoms with Crippen LogP contribution in [0.4, 0.5) is 45.9 Å². The first kappa shape index (κ1) is 67.5. The summed E-state index contributed by atoms with van der Waals surface area (Å²) >= 11 is 20.0. The lowest BCUT2D eigenvalue weighted by atomic mass is 10.1. The number of anilines is 1. The number of carbonyl (C=O) groups is 5. The van der Waals surface area contributed by atoms with Crippen molar-refractivity contribution in [2.75, 3.05) is 25.3 Å². The molecule has 3 aromatic carbocycles. The molecule has 2 aromatic heterocycles. The first-order valence-corrected chi connectivity index (χ1v) is 25.3. The molecule has 0 radical (unpaired) electrons. The maximum Gasteiger partial charge on any atom is 0.434 e. The summed E-state index contributed by atoms with van der Waals surface area (Å²) in [5.41, 5.74) is -2.62. The normalized spacial score (nSPS) is 11.2. The molecule has 24 nitrogen and oxygen atoms in total. The second-order valence-electron chi connectivity index (χ2n) is 14.3. The molecular formula is C40H36BrCl3F8N7O17PS. The summed E-state index contributed by atoms with van der Waals surface area (Å²) in [6.07, 6.45) is -5.74. The van der Waals surface area contributed by atoms with Crippen LogP contribution >= 0.6 is 58.3 Å². The van der Waals surface area contributed by atoms with Crippen LogP contribution in [0, 0.1) is 5.82 Å². The van der Waals surface area contributed by atoms with Gasteiger partial charge in [0.1, 0.15) is 22.0 Å². The van der Waals surface area contributed by atoms with E-state index in [0.29, 0.717) is 10.7 Å². The highest BCUT2D eigenvalue weighted by molar-refractivity contribution is 9.10. The molecule has 0 saturated heterocycles. The van der Waals surface area contributed by atoms with Gasteiger partial charge in [-0.1, -0.05) is 46.9 Å². The van der Waals surface area contributed by atoms with Gasteiger partial charge in [-0.25, -0.2) is 36.7 Å². The summed E-state index contributed by atoms with van der Waals surface area (Å²) in [7, 11) is -6.39. The van der Waals surface area contributed by atoms with E-state index in [1.165, 1.54) is 36.1 Å². The number of ether oxygens (including phenoxy) is 4. The Labute approximate surface area is 455 Å². The number of rotatable bonds is 17. The van der Waals surface area contributed by atoms with Crippen molar-refractivity contribution in [3.63, 3.8) is 0 Å². The Morgan fingerprint density at radius 3 is 1.85 bits per heavy atom. The Morgan fingerprint density at radius 1 is 0.846 bits per heavy atom. The molecule has 428 valence electrons. The van der Waals surface area contributed by atoms with Gasteiger partial charge in [-0.15, -0.1) is 0 Å². The lowest BCUT2D eigenvalue weighted by Crippen LogP contribution is -2.35. The molecule has 2 amide bonds. The standard InChI is InChI=1S/C15H12BrClF4N2O2.C14H10F4N4O7S.C8H6Cl2O3.C3H8NO5P/c1-6(2)25-14(24)7-4-8(10(18)5-9(7)17)12-11(16)13(15(19,20)21)23(3)22-12;15-11(16)28-8-5-9(29-12(17)18)20-13(19-8)21-14(25)22-30(26,27)7-4-2-1-3-6(7)10(23)24;1-13-7-5(10)3-2-4(9)6(7)8(11)12;5-3(6)1-4-2-10(7,8)9/h4-6H,1-3H3;1-5,11-12H,(H,23,24)(H2,19,20,21,22,25);2-3H,1H3,(H,11,12);4H,1-2H2,(H,5,6)(H2,7,8,9). The number of hydrogen-bond acceptors (Lipinski definition) is 16. The second kappa shape index (κ2) is 29.4. The number of methoxy groups -OCH3 is 1. The van der Waals surface area contributed by atoms with Crippen LogP contribution in [0.25, 0.3) is 11.3 Å². The predicted octanol–water partition coefficient (Wildman–Crippen LogP) is 8.61. The van der Waals surface area contributed by atoms with Crippen molar-refractivity contribution in [3.05, 3.63) is 102 Å². The van der Waals surface area contributed by atoms with E-state index < -0.39 is 130 Å². The van der Waals surface area contributed by atoms with Crippen LogP contribution in [0.3, 0.4) is 0 Å². The first-order valence-electron chi connectivity index (χ1n) is 20.1. The average molecular weight is 1290 g/mol. The monoisotopic (exact) mass is 1280 g/mol. The first-order chi connectivity index (χ1) is 35.9. The molecule has 0 spiro atoms. The number of nitrogens with zero attached hydrogens (tertiary/aromatic N) is 4. The van der Waals surface area contributed by atoms with Crippen molar-refractivity contribution in [1.29, 1.82) is 0 Å². The number of carboxylic acids is 3. The summed E-state index contributed by atoms with van der Waals surface area (Å²) in [5.74, 6) is -8.41. The zero-order valence-electron chi connectivity index (χ0n) is 39.2. The van der Waals surface area contributed by atoms with Gasteiger partial charge in [0.25, 0.3) is 10.0 Å². The largest absolute Gasteiger partial charge is 0.494 e. The zero-order valence-corrected chi connectivity index (χ0v) is 44.7. The Hall–Kier alpha value is -6.65. The maximum absolute atomic E-state index is 14.3. The van der Waals surface area contributed by atoms with Gasteiger partial charge >= 0.3 is 56.9 Å². The number of carbonyl (C=O) groups excluding carboxylic acids is 2. The number of aryl methyl sites for hydroxylation is 1. The second-order valence-corrected chi connectivity index (χ2v) is 19.6. The molecular weight excluding hydrogens is 1250 g/mol. The minimum atomic E-state index is -4.71. The Balaban J connectivity index is 0.000000387. The Bertz CT molecular complexity index is 3140. The molecule has 5 aromatic rings. The van der Waals surface area contributed by atoms with E-state index in [2.05, 4.69) is 45.8 Å². The van der Waals surface area contributed by atoms with Crippen LogP contribution in [0.2, 0.25) is 15.1 Å². The number of sulfonamides is 1. The maximum atomic E-state index is 14.3. The van der Waals surface area contributed by atoms with Gasteiger partial charge in [0.15, 0.2) is 11.4 Å². The van der Waals surface area contributed by atoms with E-state index >= 15 is 0 Å². The highest BCUT2D eigenvalue weighted by Crippen LogP contribution is 2.41. The van der Waals surface area contributed by atoms with E-state index in [9.17, 15) is 72.1 Å². The fraction of sp³-hybridized carbons (Fsp3) is 0.250. The molecule has 38 heteroatoms. The van der Waals surface area contributed by atoms with Gasteiger partial charge in [-0.05, 0) is 66.2 Å². The molecule has 2 heterocycles. The third-order valence-corrected chi connectivity index (χ3v) is 11.9. The number of esters is 1. The number of nitrogens with one attached hydrogen (secondary N) is 3. The van der Waals surface area contributed by atoms with Gasteiger partial charge in [0, 0.05) is 12.6 Å². The molecule has 0 fully saturated rings.